The number of rotatable bonds is 0. The molecule has 4 heteroatoms. The number of hydrogen-bond acceptors (Lipinski definition) is 1. The summed E-state index contributed by atoms with van der Waals surface area (Å²) in [6.45, 7) is 0. The van der Waals surface area contributed by atoms with E-state index in [4.69, 9.17) is 11.6 Å². The lowest BCUT2D eigenvalue weighted by atomic mass is 10.2. The Bertz CT molecular complexity index is 520. The van der Waals surface area contributed by atoms with Gasteiger partial charge in [-0.25, -0.2) is 0 Å². The van der Waals surface area contributed by atoms with Gasteiger partial charge in [0.05, 0.1) is 5.02 Å². The number of benzene rings is 1. The van der Waals surface area contributed by atoms with Crippen LogP contribution in [0, 0.1) is 0 Å². The zero-order chi connectivity index (χ0) is 9.42. The van der Waals surface area contributed by atoms with Crippen molar-refractivity contribution < 1.29 is 0 Å². The monoisotopic (exact) mass is 257 g/mol. The summed E-state index contributed by atoms with van der Waals surface area (Å²) in [4.78, 5) is 14.0. The van der Waals surface area contributed by atoms with E-state index in [0.717, 1.165) is 10.9 Å². The highest BCUT2D eigenvalue weighted by Crippen LogP contribution is 2.26. The Labute approximate surface area is 87.7 Å². The van der Waals surface area contributed by atoms with Crippen LogP contribution in [0.4, 0.5) is 0 Å². The first-order valence-electron chi connectivity index (χ1n) is 3.66. The van der Waals surface area contributed by atoms with Gasteiger partial charge in [-0.05, 0) is 22.0 Å². The molecule has 13 heavy (non-hydrogen) atoms. The van der Waals surface area contributed by atoms with Crippen LogP contribution in [-0.4, -0.2) is 4.98 Å². The van der Waals surface area contributed by atoms with E-state index in [1.54, 1.807) is 0 Å². The number of pyridine rings is 1. The predicted molar refractivity (Wildman–Crippen MR) is 57.3 cm³/mol. The quantitative estimate of drug-likeness (QED) is 0.774. The van der Waals surface area contributed by atoms with Crippen LogP contribution < -0.4 is 5.56 Å². The zero-order valence-electron chi connectivity index (χ0n) is 6.47. The molecule has 0 aliphatic rings. The molecule has 0 radical (unpaired) electrons. The van der Waals surface area contributed by atoms with Gasteiger partial charge in [-0.15, -0.1) is 0 Å². The minimum absolute atomic E-state index is 0.205. The molecule has 66 valence electrons. The molecule has 1 aromatic carbocycles. The van der Waals surface area contributed by atoms with E-state index in [2.05, 4.69) is 20.9 Å². The van der Waals surface area contributed by atoms with Gasteiger partial charge in [0.2, 0.25) is 0 Å². The van der Waals surface area contributed by atoms with E-state index < -0.39 is 0 Å². The van der Waals surface area contributed by atoms with E-state index in [1.807, 2.05) is 24.3 Å². The highest BCUT2D eigenvalue weighted by Gasteiger charge is 2.06. The Balaban J connectivity index is 3.02. The van der Waals surface area contributed by atoms with Crippen molar-refractivity contribution >= 4 is 38.4 Å². The van der Waals surface area contributed by atoms with E-state index in [0.29, 0.717) is 9.50 Å². The summed E-state index contributed by atoms with van der Waals surface area (Å²) in [5.74, 6) is 0. The number of fused-ring (bicyclic) bond motifs is 1. The van der Waals surface area contributed by atoms with Crippen molar-refractivity contribution in [3.8, 4) is 0 Å². The molecular formula is C9H5BrClNO. The minimum atomic E-state index is -0.205. The van der Waals surface area contributed by atoms with Gasteiger partial charge >= 0.3 is 0 Å². The van der Waals surface area contributed by atoms with Crippen LogP contribution in [-0.2, 0) is 0 Å². The number of aromatic nitrogens is 1. The third-order valence-corrected chi connectivity index (χ3v) is 3.18. The van der Waals surface area contributed by atoms with Crippen LogP contribution in [0.3, 0.4) is 0 Å². The van der Waals surface area contributed by atoms with Gasteiger partial charge in [-0.3, -0.25) is 4.79 Å². The maximum atomic E-state index is 11.3. The van der Waals surface area contributed by atoms with E-state index >= 15 is 0 Å². The summed E-state index contributed by atoms with van der Waals surface area (Å²) in [6.07, 6.45) is 0. The molecule has 1 heterocycles. The van der Waals surface area contributed by atoms with Crippen LogP contribution in [0.2, 0.25) is 5.02 Å². The second kappa shape index (κ2) is 3.16. The van der Waals surface area contributed by atoms with Gasteiger partial charge < -0.3 is 4.98 Å². The van der Waals surface area contributed by atoms with Crippen molar-refractivity contribution in [1.82, 2.24) is 4.98 Å². The van der Waals surface area contributed by atoms with Crippen molar-refractivity contribution in [2.45, 2.75) is 0 Å². The average Bonchev–Trinajstić information content (AvgIpc) is 2.15. The van der Waals surface area contributed by atoms with E-state index in [9.17, 15) is 4.79 Å². The maximum Gasteiger partial charge on any atom is 0.264 e. The van der Waals surface area contributed by atoms with Gasteiger partial charge in [0, 0.05) is 10.9 Å². The second-order valence-corrected chi connectivity index (χ2v) is 3.80. The van der Waals surface area contributed by atoms with Crippen LogP contribution in [0.1, 0.15) is 0 Å². The molecule has 0 spiro atoms. The Morgan fingerprint density at radius 2 is 2.00 bits per heavy atom. The van der Waals surface area contributed by atoms with Crippen LogP contribution >= 0.6 is 27.5 Å². The molecule has 1 aromatic heterocycles. The van der Waals surface area contributed by atoms with Crippen molar-refractivity contribution in [3.63, 3.8) is 0 Å². The van der Waals surface area contributed by atoms with Gasteiger partial charge in [0.25, 0.3) is 5.56 Å². The fourth-order valence-corrected chi connectivity index (χ4v) is 1.74. The first kappa shape index (κ1) is 8.78. The molecule has 2 aromatic rings. The number of H-pyrrole nitrogens is 1. The van der Waals surface area contributed by atoms with Crippen LogP contribution in [0.25, 0.3) is 10.9 Å². The summed E-state index contributed by atoms with van der Waals surface area (Å²) in [6, 6.07) is 7.40. The van der Waals surface area contributed by atoms with Crippen molar-refractivity contribution in [3.05, 3.63) is 44.1 Å². The number of para-hydroxylation sites is 1. The fraction of sp³-hybridized carbons (Fsp3) is 0. The molecule has 0 saturated carbocycles. The Kier molecular flexibility index (Phi) is 2.14. The summed E-state index contributed by atoms with van der Waals surface area (Å²) < 4.78 is 0.382. The van der Waals surface area contributed by atoms with Crippen LogP contribution in [0.15, 0.2) is 33.5 Å². The lowest BCUT2D eigenvalue weighted by molar-refractivity contribution is 1.28. The predicted octanol–water partition coefficient (Wildman–Crippen LogP) is 2.94. The van der Waals surface area contributed by atoms with Gasteiger partial charge in [0.15, 0.2) is 0 Å². The topological polar surface area (TPSA) is 32.9 Å². The fourth-order valence-electron chi connectivity index (χ4n) is 1.18. The first-order valence-corrected chi connectivity index (χ1v) is 4.83. The Hall–Kier alpha value is -0.800. The number of halogens is 2. The van der Waals surface area contributed by atoms with Crippen molar-refractivity contribution in [1.29, 1.82) is 0 Å². The summed E-state index contributed by atoms with van der Waals surface area (Å²) in [5.41, 5.74) is 0.546. The molecule has 0 amide bonds. The number of aromatic amines is 1. The highest BCUT2D eigenvalue weighted by molar-refractivity contribution is 9.10. The smallest absolute Gasteiger partial charge is 0.264 e. The van der Waals surface area contributed by atoms with Gasteiger partial charge in [-0.1, -0.05) is 29.8 Å². The lowest BCUT2D eigenvalue weighted by Crippen LogP contribution is -2.06. The average molecular weight is 259 g/mol. The SMILES string of the molecule is O=c1[nH]c2ccccc2c(Cl)c1Br. The standard InChI is InChI=1S/C9H5BrClNO/c10-7-8(11)5-3-1-2-4-6(5)12-9(7)13/h1-4H,(H,12,13). The van der Waals surface area contributed by atoms with E-state index in [1.165, 1.54) is 0 Å². The zero-order valence-corrected chi connectivity index (χ0v) is 8.82. The Morgan fingerprint density at radius 3 is 2.77 bits per heavy atom. The van der Waals surface area contributed by atoms with Crippen LogP contribution in [0.5, 0.6) is 0 Å². The molecular weight excluding hydrogens is 253 g/mol. The first-order chi connectivity index (χ1) is 6.20. The summed E-state index contributed by atoms with van der Waals surface area (Å²) in [5, 5.41) is 1.30. The molecule has 0 unspecified atom stereocenters. The molecule has 2 nitrogen and oxygen atoms in total. The van der Waals surface area contributed by atoms with Gasteiger partial charge in [-0.2, -0.15) is 0 Å². The lowest BCUT2D eigenvalue weighted by Gasteiger charge is -2.00. The molecule has 0 fully saturated rings. The molecule has 0 aliphatic heterocycles. The number of hydrogen-bond donors (Lipinski definition) is 1. The molecule has 0 bridgehead atoms. The minimum Gasteiger partial charge on any atom is -0.321 e. The van der Waals surface area contributed by atoms with Crippen molar-refractivity contribution in [2.24, 2.45) is 0 Å². The molecule has 0 saturated heterocycles. The molecule has 0 atom stereocenters. The molecule has 2 rings (SSSR count). The molecule has 0 aliphatic carbocycles. The third kappa shape index (κ3) is 1.38. The van der Waals surface area contributed by atoms with E-state index in [-0.39, 0.29) is 5.56 Å². The van der Waals surface area contributed by atoms with Crippen molar-refractivity contribution in [2.75, 3.05) is 0 Å². The largest absolute Gasteiger partial charge is 0.321 e. The summed E-state index contributed by atoms with van der Waals surface area (Å²) >= 11 is 9.09. The maximum absolute atomic E-state index is 11.3. The third-order valence-electron chi connectivity index (χ3n) is 1.80. The van der Waals surface area contributed by atoms with Gasteiger partial charge in [0.1, 0.15) is 4.47 Å². The highest BCUT2D eigenvalue weighted by atomic mass is 79.9. The second-order valence-electron chi connectivity index (χ2n) is 2.63. The Morgan fingerprint density at radius 1 is 1.31 bits per heavy atom. The summed E-state index contributed by atoms with van der Waals surface area (Å²) in [7, 11) is 0. The molecule has 1 N–H and O–H groups in total. The normalized spacial score (nSPS) is 10.6. The number of nitrogens with one attached hydrogen (secondary N) is 1.